The second kappa shape index (κ2) is 9.07. The zero-order valence-corrected chi connectivity index (χ0v) is 16.2. The van der Waals surface area contributed by atoms with Crippen molar-refractivity contribution in [3.8, 4) is 5.75 Å². The van der Waals surface area contributed by atoms with Crippen LogP contribution in [0.1, 0.15) is 17.5 Å². The Morgan fingerprint density at radius 2 is 2.00 bits per heavy atom. The van der Waals surface area contributed by atoms with E-state index >= 15 is 0 Å². The molecule has 26 heavy (non-hydrogen) atoms. The molecule has 0 spiro atoms. The van der Waals surface area contributed by atoms with Crippen molar-refractivity contribution in [3.63, 3.8) is 0 Å². The first-order valence-corrected chi connectivity index (χ1v) is 9.90. The van der Waals surface area contributed by atoms with Crippen LogP contribution in [-0.2, 0) is 17.8 Å². The van der Waals surface area contributed by atoms with E-state index in [0.717, 1.165) is 49.9 Å². The van der Waals surface area contributed by atoms with Crippen molar-refractivity contribution < 1.29 is 19.3 Å². The highest BCUT2D eigenvalue weighted by atomic mass is 32.1. The lowest BCUT2D eigenvalue weighted by Gasteiger charge is -2.29. The first-order chi connectivity index (χ1) is 12.7. The quantitative estimate of drug-likeness (QED) is 0.581. The standard InChI is InChI=1S/C18H25N5O2S/c1-3-17-20-21-18(26-17)19-16(24)13-23-9-7-22(8-10-23)12-14-5-4-6-15(11-14)25-2/h4-6,11H,3,7-10,12-13H2,1-2H3,(H,19,21,24)/p+2. The summed E-state index contributed by atoms with van der Waals surface area (Å²) in [6, 6.07) is 8.26. The molecule has 140 valence electrons. The number of benzene rings is 1. The van der Waals surface area contributed by atoms with Gasteiger partial charge in [-0.15, -0.1) is 10.2 Å². The average Bonchev–Trinajstić information content (AvgIpc) is 3.11. The summed E-state index contributed by atoms with van der Waals surface area (Å²) in [7, 11) is 1.70. The highest BCUT2D eigenvalue weighted by molar-refractivity contribution is 7.15. The minimum Gasteiger partial charge on any atom is -0.497 e. The second-order valence-electron chi connectivity index (χ2n) is 6.61. The molecule has 1 aliphatic heterocycles. The Morgan fingerprint density at radius 1 is 1.23 bits per heavy atom. The zero-order valence-electron chi connectivity index (χ0n) is 15.4. The molecule has 2 heterocycles. The number of aryl methyl sites for hydroxylation is 1. The molecule has 2 aromatic rings. The maximum Gasteiger partial charge on any atom is 0.281 e. The van der Waals surface area contributed by atoms with E-state index < -0.39 is 0 Å². The highest BCUT2D eigenvalue weighted by Gasteiger charge is 2.25. The second-order valence-corrected chi connectivity index (χ2v) is 7.67. The number of hydrogen-bond donors (Lipinski definition) is 3. The van der Waals surface area contributed by atoms with E-state index in [0.29, 0.717) is 11.7 Å². The monoisotopic (exact) mass is 377 g/mol. The Morgan fingerprint density at radius 3 is 2.69 bits per heavy atom. The van der Waals surface area contributed by atoms with Gasteiger partial charge in [-0.3, -0.25) is 10.1 Å². The normalized spacial score (nSPS) is 19.9. The van der Waals surface area contributed by atoms with Crippen LogP contribution in [0, 0.1) is 0 Å². The zero-order chi connectivity index (χ0) is 18.4. The maximum absolute atomic E-state index is 12.2. The van der Waals surface area contributed by atoms with Crippen molar-refractivity contribution in [2.45, 2.75) is 19.9 Å². The molecule has 1 aromatic carbocycles. The average molecular weight is 378 g/mol. The van der Waals surface area contributed by atoms with Gasteiger partial charge in [-0.25, -0.2) is 0 Å². The summed E-state index contributed by atoms with van der Waals surface area (Å²) in [4.78, 5) is 15.1. The fourth-order valence-corrected chi connectivity index (χ4v) is 3.91. The third-order valence-corrected chi connectivity index (χ3v) is 5.66. The van der Waals surface area contributed by atoms with Gasteiger partial charge in [0.05, 0.1) is 7.11 Å². The molecule has 3 N–H and O–H groups in total. The number of methoxy groups -OCH3 is 1. The van der Waals surface area contributed by atoms with E-state index in [9.17, 15) is 4.79 Å². The van der Waals surface area contributed by atoms with Gasteiger partial charge in [-0.2, -0.15) is 0 Å². The number of quaternary nitrogens is 2. The third-order valence-electron chi connectivity index (χ3n) is 4.68. The number of piperazine rings is 1. The number of hydrogen-bond acceptors (Lipinski definition) is 5. The summed E-state index contributed by atoms with van der Waals surface area (Å²) in [6.07, 6.45) is 0.844. The summed E-state index contributed by atoms with van der Waals surface area (Å²) >= 11 is 1.45. The van der Waals surface area contributed by atoms with E-state index in [2.05, 4.69) is 27.6 Å². The van der Waals surface area contributed by atoms with E-state index in [1.54, 1.807) is 12.0 Å². The van der Waals surface area contributed by atoms with Crippen LogP contribution in [0.15, 0.2) is 24.3 Å². The Hall–Kier alpha value is -2.03. The Balaban J connectivity index is 1.42. The molecule has 8 heteroatoms. The molecule has 0 saturated carbocycles. The van der Waals surface area contributed by atoms with Gasteiger partial charge in [-0.1, -0.05) is 30.4 Å². The van der Waals surface area contributed by atoms with E-state index in [1.165, 1.54) is 21.8 Å². The van der Waals surface area contributed by atoms with Gasteiger partial charge in [0, 0.05) is 5.56 Å². The molecule has 0 aliphatic carbocycles. The van der Waals surface area contributed by atoms with Crippen LogP contribution < -0.4 is 19.9 Å². The van der Waals surface area contributed by atoms with Gasteiger partial charge in [0.25, 0.3) is 5.91 Å². The van der Waals surface area contributed by atoms with Gasteiger partial charge >= 0.3 is 0 Å². The van der Waals surface area contributed by atoms with Gasteiger partial charge in [-0.05, 0) is 18.6 Å². The lowest BCUT2D eigenvalue weighted by Crippen LogP contribution is -3.28. The van der Waals surface area contributed by atoms with E-state index in [4.69, 9.17) is 4.74 Å². The van der Waals surface area contributed by atoms with E-state index in [-0.39, 0.29) is 5.91 Å². The van der Waals surface area contributed by atoms with Crippen molar-refractivity contribution in [1.82, 2.24) is 10.2 Å². The predicted molar refractivity (Wildman–Crippen MR) is 101 cm³/mol. The largest absolute Gasteiger partial charge is 0.497 e. The highest BCUT2D eigenvalue weighted by Crippen LogP contribution is 2.14. The van der Waals surface area contributed by atoms with Crippen LogP contribution in [0.4, 0.5) is 5.13 Å². The molecular weight excluding hydrogens is 350 g/mol. The molecule has 7 nitrogen and oxygen atoms in total. The number of ether oxygens (including phenoxy) is 1. The molecule has 1 amide bonds. The van der Waals surface area contributed by atoms with Gasteiger partial charge in [0.2, 0.25) is 5.13 Å². The van der Waals surface area contributed by atoms with Crippen LogP contribution in [-0.4, -0.2) is 55.9 Å². The number of nitrogens with zero attached hydrogens (tertiary/aromatic N) is 2. The molecule has 0 bridgehead atoms. The lowest BCUT2D eigenvalue weighted by molar-refractivity contribution is -1.02. The topological polar surface area (TPSA) is 73.0 Å². The Kier molecular flexibility index (Phi) is 6.54. The Labute approximate surface area is 158 Å². The van der Waals surface area contributed by atoms with Crippen LogP contribution in [0.2, 0.25) is 0 Å². The summed E-state index contributed by atoms with van der Waals surface area (Å²) in [5.74, 6) is 0.931. The smallest absolute Gasteiger partial charge is 0.281 e. The number of anilines is 1. The minimum absolute atomic E-state index is 0.0232. The number of nitrogens with one attached hydrogen (secondary N) is 3. The van der Waals surface area contributed by atoms with Gasteiger partial charge in [0.15, 0.2) is 6.54 Å². The summed E-state index contributed by atoms with van der Waals surface area (Å²) < 4.78 is 5.30. The molecule has 1 fully saturated rings. The number of rotatable bonds is 7. The molecule has 1 aromatic heterocycles. The molecule has 0 atom stereocenters. The van der Waals surface area contributed by atoms with Gasteiger partial charge in [0.1, 0.15) is 43.5 Å². The molecule has 1 aliphatic rings. The maximum atomic E-state index is 12.2. The summed E-state index contributed by atoms with van der Waals surface area (Å²) in [6.45, 7) is 7.67. The minimum atomic E-state index is 0.0232. The number of amides is 1. The molecule has 1 saturated heterocycles. The molecule has 0 radical (unpaired) electrons. The van der Waals surface area contributed by atoms with Crippen LogP contribution in [0.3, 0.4) is 0 Å². The van der Waals surface area contributed by atoms with E-state index in [1.807, 2.05) is 19.1 Å². The van der Waals surface area contributed by atoms with Crippen molar-refractivity contribution in [2.75, 3.05) is 45.2 Å². The predicted octanol–water partition coefficient (Wildman–Crippen LogP) is -0.969. The number of carbonyl (C=O) groups is 1. The Bertz CT molecular complexity index is 728. The third kappa shape index (κ3) is 5.23. The van der Waals surface area contributed by atoms with Crippen molar-refractivity contribution >= 4 is 22.4 Å². The molecular formula is C18H27N5O2S+2. The summed E-state index contributed by atoms with van der Waals surface area (Å²) in [5.41, 5.74) is 1.29. The first kappa shape index (κ1) is 18.8. The van der Waals surface area contributed by atoms with Crippen LogP contribution in [0.5, 0.6) is 5.75 Å². The fourth-order valence-electron chi connectivity index (χ4n) is 3.22. The van der Waals surface area contributed by atoms with Crippen LogP contribution in [0.25, 0.3) is 0 Å². The molecule has 3 rings (SSSR count). The lowest BCUT2D eigenvalue weighted by atomic mass is 10.2. The first-order valence-electron chi connectivity index (χ1n) is 9.08. The number of aromatic nitrogens is 2. The SMILES string of the molecule is CCc1nnc(NC(=O)C[NH+]2CC[NH+](Cc3cccc(OC)c3)CC2)s1. The fraction of sp³-hybridized carbons (Fsp3) is 0.500. The summed E-state index contributed by atoms with van der Waals surface area (Å²) in [5, 5.41) is 12.5. The van der Waals surface area contributed by atoms with Crippen molar-refractivity contribution in [1.29, 1.82) is 0 Å². The van der Waals surface area contributed by atoms with Crippen molar-refractivity contribution in [2.24, 2.45) is 0 Å². The number of carbonyl (C=O) groups excluding carboxylic acids is 1. The van der Waals surface area contributed by atoms with Crippen molar-refractivity contribution in [3.05, 3.63) is 34.8 Å². The molecule has 0 unspecified atom stereocenters. The van der Waals surface area contributed by atoms with Gasteiger partial charge < -0.3 is 14.5 Å². The van der Waals surface area contributed by atoms with Crippen LogP contribution >= 0.6 is 11.3 Å².